The lowest BCUT2D eigenvalue weighted by molar-refractivity contribution is 0.0186. The van der Waals surface area contributed by atoms with Gasteiger partial charge in [-0.3, -0.25) is 0 Å². The Kier molecular flexibility index (Phi) is 5.30. The van der Waals surface area contributed by atoms with E-state index in [9.17, 15) is 9.59 Å². The quantitative estimate of drug-likeness (QED) is 0.884. The van der Waals surface area contributed by atoms with Gasteiger partial charge < -0.3 is 24.5 Å². The molecule has 23 heavy (non-hydrogen) atoms. The van der Waals surface area contributed by atoms with Gasteiger partial charge >= 0.3 is 12.1 Å². The number of rotatable bonds is 4. The van der Waals surface area contributed by atoms with Gasteiger partial charge in [-0.05, 0) is 39.7 Å². The lowest BCUT2D eigenvalue weighted by Gasteiger charge is -2.34. The molecule has 1 aromatic heterocycles. The normalized spacial score (nSPS) is 18.7. The zero-order valence-corrected chi connectivity index (χ0v) is 13.8. The van der Waals surface area contributed by atoms with Crippen LogP contribution in [0.4, 0.5) is 4.79 Å². The number of nitrogens with one attached hydrogen (secondary N) is 1. The number of carbonyl (C=O) groups excluding carboxylic acids is 1. The number of aromatic carboxylic acids is 1. The minimum absolute atomic E-state index is 0.134. The van der Waals surface area contributed by atoms with Crippen molar-refractivity contribution >= 4 is 12.1 Å². The Morgan fingerprint density at radius 3 is 2.83 bits per heavy atom. The van der Waals surface area contributed by atoms with Crippen LogP contribution in [0, 0.1) is 0 Å². The summed E-state index contributed by atoms with van der Waals surface area (Å²) in [6.07, 6.45) is 2.78. The van der Waals surface area contributed by atoms with Crippen molar-refractivity contribution in [1.82, 2.24) is 10.2 Å². The summed E-state index contributed by atoms with van der Waals surface area (Å²) >= 11 is 0. The number of carboxylic acid groups (broad SMARTS) is 1. The fourth-order valence-electron chi connectivity index (χ4n) is 2.47. The van der Waals surface area contributed by atoms with Crippen LogP contribution >= 0.6 is 0 Å². The number of hydrogen-bond donors (Lipinski definition) is 2. The van der Waals surface area contributed by atoms with Gasteiger partial charge in [-0.2, -0.15) is 0 Å². The van der Waals surface area contributed by atoms with E-state index in [0.717, 1.165) is 12.8 Å². The van der Waals surface area contributed by atoms with Gasteiger partial charge in [-0.15, -0.1) is 0 Å². The van der Waals surface area contributed by atoms with Gasteiger partial charge in [0.2, 0.25) is 0 Å². The molecule has 1 aliphatic rings. The zero-order valence-electron chi connectivity index (χ0n) is 13.8. The van der Waals surface area contributed by atoms with Crippen molar-refractivity contribution < 1.29 is 23.8 Å². The second kappa shape index (κ2) is 7.04. The Hall–Kier alpha value is -2.02. The summed E-state index contributed by atoms with van der Waals surface area (Å²) in [5, 5.41) is 12.2. The third kappa shape index (κ3) is 5.28. The molecule has 1 amide bonds. The second-order valence-electron chi connectivity index (χ2n) is 6.75. The highest BCUT2D eigenvalue weighted by molar-refractivity contribution is 5.87. The first-order valence-corrected chi connectivity index (χ1v) is 7.76. The van der Waals surface area contributed by atoms with Crippen LogP contribution in [0.5, 0.6) is 0 Å². The van der Waals surface area contributed by atoms with E-state index in [1.54, 1.807) is 4.90 Å². The van der Waals surface area contributed by atoms with Crippen molar-refractivity contribution in [1.29, 1.82) is 0 Å². The largest absolute Gasteiger partial charge is 0.478 e. The summed E-state index contributed by atoms with van der Waals surface area (Å²) in [4.78, 5) is 24.6. The molecule has 1 saturated heterocycles. The van der Waals surface area contributed by atoms with Crippen molar-refractivity contribution in [3.63, 3.8) is 0 Å². The molecule has 1 aromatic rings. The maximum absolute atomic E-state index is 12.1. The molecule has 2 rings (SSSR count). The SMILES string of the molecule is CC(C)(C)OC(=O)N1CCCC(NCc2cc(C(=O)O)co2)C1. The topological polar surface area (TPSA) is 92.0 Å². The summed E-state index contributed by atoms with van der Waals surface area (Å²) in [7, 11) is 0. The average Bonchev–Trinajstić information content (AvgIpc) is 2.93. The Morgan fingerprint density at radius 1 is 1.48 bits per heavy atom. The van der Waals surface area contributed by atoms with E-state index in [1.165, 1.54) is 12.3 Å². The van der Waals surface area contributed by atoms with Crippen molar-refractivity contribution in [3.05, 3.63) is 23.7 Å². The van der Waals surface area contributed by atoms with Crippen LogP contribution in [0.15, 0.2) is 16.7 Å². The zero-order chi connectivity index (χ0) is 17.0. The molecule has 0 aliphatic carbocycles. The van der Waals surface area contributed by atoms with Crippen LogP contribution in [-0.4, -0.2) is 46.8 Å². The van der Waals surface area contributed by atoms with Crippen LogP contribution in [0.1, 0.15) is 49.7 Å². The van der Waals surface area contributed by atoms with Gasteiger partial charge in [0.05, 0.1) is 12.1 Å². The second-order valence-corrected chi connectivity index (χ2v) is 6.75. The minimum atomic E-state index is -1.01. The monoisotopic (exact) mass is 324 g/mol. The number of carboxylic acids is 1. The highest BCUT2D eigenvalue weighted by Crippen LogP contribution is 2.16. The number of amides is 1. The molecule has 0 saturated carbocycles. The van der Waals surface area contributed by atoms with Crippen molar-refractivity contribution in [2.24, 2.45) is 0 Å². The van der Waals surface area contributed by atoms with E-state index in [-0.39, 0.29) is 17.7 Å². The number of piperidine rings is 1. The van der Waals surface area contributed by atoms with Gasteiger partial charge in [0.25, 0.3) is 0 Å². The number of hydrogen-bond acceptors (Lipinski definition) is 5. The standard InChI is InChI=1S/C16H24N2O5/c1-16(2,3)23-15(21)18-6-4-5-12(9-18)17-8-13-7-11(10-22-13)14(19)20/h7,10,12,17H,4-6,8-9H2,1-3H3,(H,19,20). The van der Waals surface area contributed by atoms with Gasteiger partial charge in [0.1, 0.15) is 17.6 Å². The van der Waals surface area contributed by atoms with Crippen molar-refractivity contribution in [3.8, 4) is 0 Å². The van der Waals surface area contributed by atoms with Gasteiger partial charge in [0.15, 0.2) is 0 Å². The maximum atomic E-state index is 12.1. The third-order valence-corrected chi connectivity index (χ3v) is 3.54. The smallest absolute Gasteiger partial charge is 0.410 e. The Morgan fingerprint density at radius 2 is 2.22 bits per heavy atom. The molecule has 0 bridgehead atoms. The molecule has 0 spiro atoms. The summed E-state index contributed by atoms with van der Waals surface area (Å²) < 4.78 is 10.6. The molecule has 1 fully saturated rings. The maximum Gasteiger partial charge on any atom is 0.410 e. The van der Waals surface area contributed by atoms with Gasteiger partial charge in [-0.25, -0.2) is 9.59 Å². The molecule has 0 radical (unpaired) electrons. The Balaban J connectivity index is 1.83. The summed E-state index contributed by atoms with van der Waals surface area (Å²) in [5.41, 5.74) is -0.361. The molecule has 0 aromatic carbocycles. The molecule has 1 unspecified atom stereocenters. The third-order valence-electron chi connectivity index (χ3n) is 3.54. The summed E-state index contributed by atoms with van der Waals surface area (Å²) in [5.74, 6) is -0.439. The first-order valence-electron chi connectivity index (χ1n) is 7.76. The number of nitrogens with zero attached hydrogens (tertiary/aromatic N) is 1. The van der Waals surface area contributed by atoms with E-state index in [4.69, 9.17) is 14.3 Å². The molecular weight excluding hydrogens is 300 g/mol. The molecule has 2 heterocycles. The van der Waals surface area contributed by atoms with Crippen LogP contribution in [0.25, 0.3) is 0 Å². The van der Waals surface area contributed by atoms with E-state index < -0.39 is 11.6 Å². The minimum Gasteiger partial charge on any atom is -0.478 e. The number of furan rings is 1. The first-order chi connectivity index (χ1) is 10.7. The summed E-state index contributed by atoms with van der Waals surface area (Å²) in [6, 6.07) is 1.64. The van der Waals surface area contributed by atoms with E-state index >= 15 is 0 Å². The van der Waals surface area contributed by atoms with Crippen LogP contribution < -0.4 is 5.32 Å². The Bertz CT molecular complexity index is 561. The average molecular weight is 324 g/mol. The number of likely N-dealkylation sites (tertiary alicyclic amines) is 1. The highest BCUT2D eigenvalue weighted by atomic mass is 16.6. The number of ether oxygens (including phenoxy) is 1. The molecule has 7 nitrogen and oxygen atoms in total. The van der Waals surface area contributed by atoms with Gasteiger partial charge in [-0.1, -0.05) is 0 Å². The molecule has 2 N–H and O–H groups in total. The van der Waals surface area contributed by atoms with Crippen LogP contribution in [-0.2, 0) is 11.3 Å². The van der Waals surface area contributed by atoms with E-state index in [0.29, 0.717) is 25.4 Å². The molecule has 7 heteroatoms. The lowest BCUT2D eigenvalue weighted by atomic mass is 10.1. The Labute approximate surface area is 135 Å². The molecule has 128 valence electrons. The van der Waals surface area contributed by atoms with Crippen LogP contribution in [0.2, 0.25) is 0 Å². The fraction of sp³-hybridized carbons (Fsp3) is 0.625. The van der Waals surface area contributed by atoms with Crippen molar-refractivity contribution in [2.75, 3.05) is 13.1 Å². The first kappa shape index (κ1) is 17.3. The van der Waals surface area contributed by atoms with Gasteiger partial charge in [0, 0.05) is 19.1 Å². The highest BCUT2D eigenvalue weighted by Gasteiger charge is 2.27. The molecule has 1 aliphatic heterocycles. The van der Waals surface area contributed by atoms with E-state index in [2.05, 4.69) is 5.32 Å². The number of carbonyl (C=O) groups is 2. The fourth-order valence-corrected chi connectivity index (χ4v) is 2.47. The lowest BCUT2D eigenvalue weighted by Crippen LogP contribution is -2.49. The molecular formula is C16H24N2O5. The van der Waals surface area contributed by atoms with E-state index in [1.807, 2.05) is 20.8 Å². The predicted molar refractivity (Wildman–Crippen MR) is 83.3 cm³/mol. The van der Waals surface area contributed by atoms with Crippen molar-refractivity contribution in [2.45, 2.75) is 51.8 Å². The molecule has 1 atom stereocenters. The predicted octanol–water partition coefficient (Wildman–Crippen LogP) is 2.47. The van der Waals surface area contributed by atoms with Crippen LogP contribution in [0.3, 0.4) is 0 Å². The summed E-state index contributed by atoms with van der Waals surface area (Å²) in [6.45, 7) is 7.24.